The highest BCUT2D eigenvalue weighted by molar-refractivity contribution is 6.17. The molecule has 42 heavy (non-hydrogen) atoms. The average Bonchev–Trinajstić information content (AvgIpc) is 3.61. The van der Waals surface area contributed by atoms with E-state index in [1.165, 1.54) is 0 Å². The summed E-state index contributed by atoms with van der Waals surface area (Å²) in [5, 5.41) is 6.59. The second-order valence-electron chi connectivity index (χ2n) is 10.5. The first kappa shape index (κ1) is 22.9. The fourth-order valence-corrected chi connectivity index (χ4v) is 6.17. The first-order valence-corrected chi connectivity index (χ1v) is 14.0. The van der Waals surface area contributed by atoms with Crippen molar-refractivity contribution in [2.45, 2.75) is 0 Å². The molecular formula is C37H22N4O. The Kier molecular flexibility index (Phi) is 4.83. The van der Waals surface area contributed by atoms with E-state index in [4.69, 9.17) is 19.4 Å². The minimum atomic E-state index is 0.582. The lowest BCUT2D eigenvalue weighted by molar-refractivity contribution is 0.672. The number of nitrogens with zero attached hydrogens (tertiary/aromatic N) is 4. The Balaban J connectivity index is 1.36. The van der Waals surface area contributed by atoms with Gasteiger partial charge in [0, 0.05) is 38.1 Å². The van der Waals surface area contributed by atoms with Crippen molar-refractivity contribution in [1.29, 1.82) is 0 Å². The molecule has 3 aromatic heterocycles. The lowest BCUT2D eigenvalue weighted by atomic mass is 10.0. The van der Waals surface area contributed by atoms with Gasteiger partial charge < -0.3 is 4.42 Å². The summed E-state index contributed by atoms with van der Waals surface area (Å²) in [4.78, 5) is 15.3. The van der Waals surface area contributed by atoms with Crippen LogP contribution >= 0.6 is 0 Å². The number of rotatable bonds is 3. The van der Waals surface area contributed by atoms with E-state index in [2.05, 4.69) is 89.5 Å². The van der Waals surface area contributed by atoms with Gasteiger partial charge in [-0.15, -0.1) is 0 Å². The van der Waals surface area contributed by atoms with E-state index in [-0.39, 0.29) is 0 Å². The summed E-state index contributed by atoms with van der Waals surface area (Å²) < 4.78 is 8.52. The van der Waals surface area contributed by atoms with Crippen LogP contribution in [0.1, 0.15) is 0 Å². The Morgan fingerprint density at radius 1 is 0.429 bits per heavy atom. The van der Waals surface area contributed by atoms with Crippen LogP contribution in [0.25, 0.3) is 83.2 Å². The van der Waals surface area contributed by atoms with E-state index < -0.39 is 0 Å². The lowest BCUT2D eigenvalue weighted by Crippen LogP contribution is -2.06. The van der Waals surface area contributed by atoms with Crippen molar-refractivity contribution in [3.05, 3.63) is 133 Å². The quantitative estimate of drug-likeness (QED) is 0.225. The van der Waals surface area contributed by atoms with Gasteiger partial charge >= 0.3 is 0 Å². The summed E-state index contributed by atoms with van der Waals surface area (Å²) in [5.41, 5.74) is 5.72. The van der Waals surface area contributed by atoms with Crippen LogP contribution in [0.2, 0.25) is 0 Å². The van der Waals surface area contributed by atoms with Gasteiger partial charge in [-0.25, -0.2) is 4.98 Å². The zero-order chi connectivity index (χ0) is 27.6. The molecule has 0 aliphatic carbocycles. The van der Waals surface area contributed by atoms with Crippen molar-refractivity contribution in [2.24, 2.45) is 0 Å². The Bertz CT molecular complexity index is 2420. The van der Waals surface area contributed by atoms with E-state index in [0.29, 0.717) is 17.6 Å². The van der Waals surface area contributed by atoms with Gasteiger partial charge in [0.25, 0.3) is 0 Å². The minimum absolute atomic E-state index is 0.582. The van der Waals surface area contributed by atoms with Crippen LogP contribution in [0.15, 0.2) is 138 Å². The van der Waals surface area contributed by atoms with Crippen molar-refractivity contribution in [3.63, 3.8) is 0 Å². The predicted octanol–water partition coefficient (Wildman–Crippen LogP) is 9.36. The fraction of sp³-hybridized carbons (Fsp3) is 0. The largest absolute Gasteiger partial charge is 0.455 e. The zero-order valence-electron chi connectivity index (χ0n) is 22.4. The van der Waals surface area contributed by atoms with Crippen molar-refractivity contribution >= 4 is 54.5 Å². The highest BCUT2D eigenvalue weighted by Crippen LogP contribution is 2.38. The second-order valence-corrected chi connectivity index (χ2v) is 10.5. The second kappa shape index (κ2) is 8.85. The third-order valence-electron chi connectivity index (χ3n) is 8.08. The highest BCUT2D eigenvalue weighted by atomic mass is 16.3. The van der Waals surface area contributed by atoms with Crippen LogP contribution in [0.3, 0.4) is 0 Å². The van der Waals surface area contributed by atoms with Crippen molar-refractivity contribution in [1.82, 2.24) is 19.5 Å². The third kappa shape index (κ3) is 3.34. The number of hydrogen-bond acceptors (Lipinski definition) is 4. The summed E-state index contributed by atoms with van der Waals surface area (Å²) in [6, 6.07) is 45.6. The number of para-hydroxylation sites is 3. The molecule has 0 bridgehead atoms. The standard InChI is InChI=1S/C37H22N4O/c1-2-11-23(12-3-1)35-38-36(40-37(39-35)41-31-18-7-4-13-25(31)26-14-5-8-19-32(26)41)30-17-10-16-28-24(30)21-22-29-27-15-6-9-20-33(27)42-34(28)29/h1-22H. The summed E-state index contributed by atoms with van der Waals surface area (Å²) in [6.45, 7) is 0. The van der Waals surface area contributed by atoms with Crippen LogP contribution in [0.5, 0.6) is 0 Å². The van der Waals surface area contributed by atoms with Gasteiger partial charge in [-0.2, -0.15) is 9.97 Å². The van der Waals surface area contributed by atoms with Gasteiger partial charge in [0.2, 0.25) is 5.95 Å². The minimum Gasteiger partial charge on any atom is -0.455 e. The molecule has 0 fully saturated rings. The summed E-state index contributed by atoms with van der Waals surface area (Å²) in [7, 11) is 0. The molecule has 5 heteroatoms. The van der Waals surface area contributed by atoms with Crippen LogP contribution in [-0.2, 0) is 0 Å². The van der Waals surface area contributed by atoms with Crippen LogP contribution in [0.4, 0.5) is 0 Å². The van der Waals surface area contributed by atoms with Gasteiger partial charge in [-0.1, -0.05) is 109 Å². The molecule has 5 nitrogen and oxygen atoms in total. The molecule has 0 atom stereocenters. The van der Waals surface area contributed by atoms with Crippen molar-refractivity contribution in [2.75, 3.05) is 0 Å². The molecule has 0 saturated carbocycles. The molecule has 0 aliphatic heterocycles. The maximum atomic E-state index is 6.37. The number of aromatic nitrogens is 4. The molecule has 0 amide bonds. The third-order valence-corrected chi connectivity index (χ3v) is 8.08. The monoisotopic (exact) mass is 538 g/mol. The Morgan fingerprint density at radius 3 is 1.81 bits per heavy atom. The maximum Gasteiger partial charge on any atom is 0.238 e. The predicted molar refractivity (Wildman–Crippen MR) is 170 cm³/mol. The molecule has 6 aromatic carbocycles. The summed E-state index contributed by atoms with van der Waals surface area (Å²) >= 11 is 0. The number of furan rings is 1. The van der Waals surface area contributed by atoms with Gasteiger partial charge in [0.05, 0.1) is 11.0 Å². The number of benzene rings is 6. The van der Waals surface area contributed by atoms with Crippen LogP contribution < -0.4 is 0 Å². The Labute approximate surface area is 240 Å². The zero-order valence-corrected chi connectivity index (χ0v) is 22.4. The molecule has 0 aliphatic rings. The van der Waals surface area contributed by atoms with Gasteiger partial charge in [0.15, 0.2) is 11.6 Å². The summed E-state index contributed by atoms with van der Waals surface area (Å²) in [6.07, 6.45) is 0. The van der Waals surface area contributed by atoms with E-state index in [1.54, 1.807) is 0 Å². The molecule has 9 rings (SSSR count). The average molecular weight is 539 g/mol. The molecule has 0 spiro atoms. The normalized spacial score (nSPS) is 11.8. The highest BCUT2D eigenvalue weighted by Gasteiger charge is 2.19. The van der Waals surface area contributed by atoms with Gasteiger partial charge in [0.1, 0.15) is 11.2 Å². The topological polar surface area (TPSA) is 56.7 Å². The Hall–Kier alpha value is -5.81. The number of fused-ring (bicyclic) bond motifs is 8. The smallest absolute Gasteiger partial charge is 0.238 e. The van der Waals surface area contributed by atoms with E-state index in [1.807, 2.05) is 48.5 Å². The van der Waals surface area contributed by atoms with Crippen molar-refractivity contribution < 1.29 is 4.42 Å². The molecule has 0 saturated heterocycles. The maximum absolute atomic E-state index is 6.37. The molecule has 0 N–H and O–H groups in total. The van der Waals surface area contributed by atoms with Crippen molar-refractivity contribution in [3.8, 4) is 28.7 Å². The molecular weight excluding hydrogens is 516 g/mol. The summed E-state index contributed by atoms with van der Waals surface area (Å²) in [5.74, 6) is 1.82. The van der Waals surface area contributed by atoms with Gasteiger partial charge in [-0.3, -0.25) is 4.57 Å². The first-order valence-electron chi connectivity index (χ1n) is 14.0. The molecule has 9 aromatic rings. The first-order chi connectivity index (χ1) is 20.8. The van der Waals surface area contributed by atoms with E-state index in [0.717, 1.165) is 65.6 Å². The molecule has 0 radical (unpaired) electrons. The Morgan fingerprint density at radius 2 is 1.02 bits per heavy atom. The molecule has 0 unspecified atom stereocenters. The molecule has 3 heterocycles. The molecule has 196 valence electrons. The van der Waals surface area contributed by atoms with E-state index in [9.17, 15) is 0 Å². The number of hydrogen-bond donors (Lipinski definition) is 0. The SMILES string of the molecule is c1ccc(-c2nc(-c3cccc4c3ccc3c5ccccc5oc43)nc(-n3c4ccccc4c4ccccc43)n2)cc1. The van der Waals surface area contributed by atoms with E-state index >= 15 is 0 Å². The van der Waals surface area contributed by atoms with Crippen LogP contribution in [0, 0.1) is 0 Å². The van der Waals surface area contributed by atoms with Crippen LogP contribution in [-0.4, -0.2) is 19.5 Å². The lowest BCUT2D eigenvalue weighted by Gasteiger charge is -2.12. The fourth-order valence-electron chi connectivity index (χ4n) is 6.17. The van der Waals surface area contributed by atoms with Gasteiger partial charge in [-0.05, 0) is 29.7 Å².